The van der Waals surface area contributed by atoms with Gasteiger partial charge in [0.2, 0.25) is 15.9 Å². The molecule has 1 aliphatic rings. The van der Waals surface area contributed by atoms with Gasteiger partial charge in [0.1, 0.15) is 11.0 Å². The summed E-state index contributed by atoms with van der Waals surface area (Å²) >= 11 is 0. The summed E-state index contributed by atoms with van der Waals surface area (Å²) in [5.74, 6) is -1.82. The molecule has 1 fully saturated rings. The normalized spacial score (nSPS) is 15.9. The van der Waals surface area contributed by atoms with E-state index in [1.54, 1.807) is 0 Å². The second-order valence-corrected chi connectivity index (χ2v) is 8.24. The first kappa shape index (κ1) is 26.2. The van der Waals surface area contributed by atoms with Crippen LogP contribution in [0.3, 0.4) is 0 Å². The van der Waals surface area contributed by atoms with Crippen LogP contribution in [0.4, 0.5) is 0 Å². The minimum absolute atomic E-state index is 0. The van der Waals surface area contributed by atoms with Crippen molar-refractivity contribution in [3.05, 3.63) is 17.8 Å². The predicted octanol–water partition coefficient (Wildman–Crippen LogP) is -4.18. The van der Waals surface area contributed by atoms with Gasteiger partial charge in [-0.2, -0.15) is 4.31 Å². The molecule has 10 nitrogen and oxygen atoms in total. The van der Waals surface area contributed by atoms with Gasteiger partial charge in [-0.1, -0.05) is 6.92 Å². The summed E-state index contributed by atoms with van der Waals surface area (Å²) in [6.07, 6.45) is 0.491. The first-order chi connectivity index (χ1) is 13.3. The van der Waals surface area contributed by atoms with Crippen molar-refractivity contribution in [3.63, 3.8) is 0 Å². The van der Waals surface area contributed by atoms with Crippen LogP contribution in [0, 0.1) is 0 Å². The van der Waals surface area contributed by atoms with E-state index < -0.39 is 27.7 Å². The smallest absolute Gasteiger partial charge is 0.545 e. The number of hydrogen-bond acceptors (Lipinski definition) is 9. The number of rotatable bonds is 10. The number of pyridine rings is 1. The third kappa shape index (κ3) is 6.86. The Bertz CT molecular complexity index is 764. The molecule has 0 spiro atoms. The van der Waals surface area contributed by atoms with Crippen molar-refractivity contribution in [1.82, 2.24) is 14.2 Å². The summed E-state index contributed by atoms with van der Waals surface area (Å²) in [6.45, 7) is 5.05. The number of carbonyl (C=O) groups excluding carboxylic acids is 1. The van der Waals surface area contributed by atoms with Crippen molar-refractivity contribution in [1.29, 1.82) is 0 Å². The number of piperazine rings is 1. The van der Waals surface area contributed by atoms with E-state index in [4.69, 9.17) is 14.2 Å². The second-order valence-electron chi connectivity index (χ2n) is 6.30. The molecule has 1 aliphatic heterocycles. The number of carboxylic acid groups (broad SMARTS) is 1. The molecular formula is C17H26N3NaO7S. The van der Waals surface area contributed by atoms with Crippen molar-refractivity contribution in [2.45, 2.75) is 17.9 Å². The van der Waals surface area contributed by atoms with E-state index in [2.05, 4.69) is 9.88 Å². The molecule has 0 N–H and O–H groups in total. The van der Waals surface area contributed by atoms with Gasteiger partial charge in [0.05, 0.1) is 30.9 Å². The van der Waals surface area contributed by atoms with Crippen LogP contribution in [-0.4, -0.2) is 94.8 Å². The summed E-state index contributed by atoms with van der Waals surface area (Å²) in [4.78, 5) is 17.4. The molecular weight excluding hydrogens is 413 g/mol. The molecule has 158 valence electrons. The fourth-order valence-electron chi connectivity index (χ4n) is 2.90. The van der Waals surface area contributed by atoms with Crippen LogP contribution < -0.4 is 39.4 Å². The molecule has 0 radical (unpaired) electrons. The van der Waals surface area contributed by atoms with Crippen LogP contribution in [0.2, 0.25) is 0 Å². The van der Waals surface area contributed by atoms with Gasteiger partial charge < -0.3 is 29.0 Å². The largest absolute Gasteiger partial charge is 1.00 e. The predicted molar refractivity (Wildman–Crippen MR) is 97.6 cm³/mol. The molecule has 1 aromatic heterocycles. The summed E-state index contributed by atoms with van der Waals surface area (Å²) in [5, 5.41) is 11.5. The minimum atomic E-state index is -3.87. The summed E-state index contributed by atoms with van der Waals surface area (Å²) < 4.78 is 42.6. The zero-order valence-corrected chi connectivity index (χ0v) is 20.1. The number of carboxylic acids is 1. The standard InChI is InChI=1S/C17H27N3O7S.Na/c1-4-19-5-7-20(8-6-19)28(23,24)14-9-15(17(21)22)16(18-10-14)27-13(11-25-2)12-26-3;/h9-10,13H,4-8,11-12H2,1-3H3,(H,21,22);/q;+1/p-1. The van der Waals surface area contributed by atoms with Crippen LogP contribution in [0.5, 0.6) is 5.88 Å². The van der Waals surface area contributed by atoms with E-state index in [1.165, 1.54) is 18.5 Å². The van der Waals surface area contributed by atoms with Crippen LogP contribution >= 0.6 is 0 Å². The number of ether oxygens (including phenoxy) is 3. The molecule has 2 rings (SSSR count). The molecule has 2 heterocycles. The topological polar surface area (TPSA) is 121 Å². The van der Waals surface area contributed by atoms with Crippen LogP contribution in [-0.2, 0) is 19.5 Å². The van der Waals surface area contributed by atoms with Crippen molar-refractivity contribution in [2.75, 3.05) is 60.2 Å². The van der Waals surface area contributed by atoms with Gasteiger partial charge in [0.15, 0.2) is 0 Å². The molecule has 29 heavy (non-hydrogen) atoms. The summed E-state index contributed by atoms with van der Waals surface area (Å²) in [6, 6.07) is 1.02. The summed E-state index contributed by atoms with van der Waals surface area (Å²) in [7, 11) is -0.937. The Morgan fingerprint density at radius 1 is 1.21 bits per heavy atom. The van der Waals surface area contributed by atoms with Crippen molar-refractivity contribution in [2.24, 2.45) is 0 Å². The van der Waals surface area contributed by atoms with Gasteiger partial charge in [-0.25, -0.2) is 13.4 Å². The Kier molecular flexibility index (Phi) is 11.0. The van der Waals surface area contributed by atoms with Crippen LogP contribution in [0.25, 0.3) is 0 Å². The fourth-order valence-corrected chi connectivity index (χ4v) is 4.29. The van der Waals surface area contributed by atoms with E-state index in [0.717, 1.165) is 18.8 Å². The molecule has 0 atom stereocenters. The number of aromatic carboxylic acids is 1. The Hall–Kier alpha value is -0.790. The molecule has 0 bridgehead atoms. The molecule has 12 heteroatoms. The van der Waals surface area contributed by atoms with E-state index in [1.807, 2.05) is 6.92 Å². The van der Waals surface area contributed by atoms with Gasteiger partial charge in [0.25, 0.3) is 0 Å². The molecule has 0 unspecified atom stereocenters. The third-order valence-electron chi connectivity index (χ3n) is 4.45. The first-order valence-corrected chi connectivity index (χ1v) is 10.4. The number of carbonyl (C=O) groups is 1. The number of methoxy groups -OCH3 is 2. The van der Waals surface area contributed by atoms with Crippen LogP contribution in [0.1, 0.15) is 17.3 Å². The van der Waals surface area contributed by atoms with Crippen molar-refractivity contribution >= 4 is 16.0 Å². The average Bonchev–Trinajstić information content (AvgIpc) is 2.68. The Labute approximate surface area is 193 Å². The molecule has 0 aromatic carbocycles. The van der Waals surface area contributed by atoms with Gasteiger partial charge in [-0.05, 0) is 12.6 Å². The van der Waals surface area contributed by atoms with Crippen LogP contribution in [0.15, 0.2) is 17.2 Å². The maximum Gasteiger partial charge on any atom is 1.00 e. The number of aromatic nitrogens is 1. The van der Waals surface area contributed by atoms with Gasteiger partial charge >= 0.3 is 29.6 Å². The Balaban J connectivity index is 0.00000420. The second kappa shape index (κ2) is 12.2. The number of hydrogen-bond donors (Lipinski definition) is 0. The SMILES string of the molecule is CCN1CCN(S(=O)(=O)c2cnc(OC(COC)COC)c(C(=O)[O-])c2)CC1.[Na+]. The van der Waals surface area contributed by atoms with E-state index in [9.17, 15) is 18.3 Å². The maximum absolute atomic E-state index is 12.9. The zero-order valence-electron chi connectivity index (χ0n) is 17.3. The zero-order chi connectivity index (χ0) is 20.7. The van der Waals surface area contributed by atoms with Gasteiger partial charge in [-0.3, -0.25) is 0 Å². The van der Waals surface area contributed by atoms with Gasteiger partial charge in [-0.15, -0.1) is 0 Å². The van der Waals surface area contributed by atoms with Gasteiger partial charge in [0, 0.05) is 40.4 Å². The molecule has 0 aliphatic carbocycles. The molecule has 1 aromatic rings. The quantitative estimate of drug-likeness (QED) is 0.334. The molecule has 0 saturated carbocycles. The first-order valence-electron chi connectivity index (χ1n) is 8.91. The summed E-state index contributed by atoms with van der Waals surface area (Å²) in [5.41, 5.74) is -0.439. The van der Waals surface area contributed by atoms with E-state index >= 15 is 0 Å². The van der Waals surface area contributed by atoms with Crippen molar-refractivity contribution < 1.29 is 62.1 Å². The van der Waals surface area contributed by atoms with Crippen molar-refractivity contribution in [3.8, 4) is 5.88 Å². The monoisotopic (exact) mass is 439 g/mol. The van der Waals surface area contributed by atoms with E-state index in [-0.39, 0.29) is 53.5 Å². The minimum Gasteiger partial charge on any atom is -0.545 e. The number of likely N-dealkylation sites (N-methyl/N-ethyl adjacent to an activating group) is 1. The maximum atomic E-state index is 12.9. The third-order valence-corrected chi connectivity index (χ3v) is 6.31. The molecule has 0 amide bonds. The van der Waals surface area contributed by atoms with E-state index in [0.29, 0.717) is 26.2 Å². The molecule has 1 saturated heterocycles. The fraction of sp³-hybridized carbons (Fsp3) is 0.647. The Morgan fingerprint density at radius 2 is 1.79 bits per heavy atom. The average molecular weight is 439 g/mol. The number of sulfonamides is 1. The Morgan fingerprint density at radius 3 is 2.28 bits per heavy atom. The number of nitrogens with zero attached hydrogens (tertiary/aromatic N) is 3.